The van der Waals surface area contributed by atoms with Crippen molar-refractivity contribution in [3.8, 4) is 11.5 Å². The van der Waals surface area contributed by atoms with Gasteiger partial charge in [-0.2, -0.15) is 13.2 Å². The SMILES string of the molecule is O=C(Nc1ccc(Cl)c(C(F)(F)F)c1)C(Sc1ccc2c(c1)OCCO2)c1ccccc1. The smallest absolute Gasteiger partial charge is 0.417 e. The first-order chi connectivity index (χ1) is 15.3. The number of hydrogen-bond donors (Lipinski definition) is 1. The lowest BCUT2D eigenvalue weighted by Crippen LogP contribution is -2.19. The zero-order valence-electron chi connectivity index (χ0n) is 16.5. The van der Waals surface area contributed by atoms with Crippen LogP contribution in [-0.4, -0.2) is 19.1 Å². The van der Waals surface area contributed by atoms with Crippen LogP contribution < -0.4 is 14.8 Å². The van der Waals surface area contributed by atoms with E-state index >= 15 is 0 Å². The molecule has 1 amide bonds. The maximum absolute atomic E-state index is 13.2. The maximum atomic E-state index is 13.2. The van der Waals surface area contributed by atoms with Gasteiger partial charge in [0.2, 0.25) is 5.91 Å². The number of alkyl halides is 3. The molecule has 0 bridgehead atoms. The molecule has 32 heavy (non-hydrogen) atoms. The average Bonchev–Trinajstić information content (AvgIpc) is 2.78. The van der Waals surface area contributed by atoms with Crippen LogP contribution in [0.25, 0.3) is 0 Å². The van der Waals surface area contributed by atoms with Crippen molar-refractivity contribution in [3.63, 3.8) is 0 Å². The maximum Gasteiger partial charge on any atom is 0.417 e. The Kier molecular flexibility index (Phi) is 6.53. The van der Waals surface area contributed by atoms with Crippen molar-refractivity contribution in [2.24, 2.45) is 0 Å². The molecular formula is C23H17ClF3NO3S. The molecule has 1 heterocycles. The van der Waals surface area contributed by atoms with E-state index in [0.29, 0.717) is 30.3 Å². The minimum absolute atomic E-state index is 0.00966. The van der Waals surface area contributed by atoms with E-state index in [1.807, 2.05) is 12.1 Å². The number of fused-ring (bicyclic) bond motifs is 1. The van der Waals surface area contributed by atoms with E-state index in [9.17, 15) is 18.0 Å². The Labute approximate surface area is 191 Å². The number of benzene rings is 3. The van der Waals surface area contributed by atoms with Gasteiger partial charge in [-0.15, -0.1) is 11.8 Å². The van der Waals surface area contributed by atoms with Gasteiger partial charge >= 0.3 is 6.18 Å². The fourth-order valence-corrected chi connectivity index (χ4v) is 4.44. The number of ether oxygens (including phenoxy) is 2. The molecule has 0 saturated heterocycles. The van der Waals surface area contributed by atoms with Crippen LogP contribution in [0, 0.1) is 0 Å². The van der Waals surface area contributed by atoms with Crippen molar-refractivity contribution in [3.05, 3.63) is 82.9 Å². The van der Waals surface area contributed by atoms with Gasteiger partial charge in [0.05, 0.1) is 10.6 Å². The Balaban J connectivity index is 1.61. The highest BCUT2D eigenvalue weighted by molar-refractivity contribution is 8.00. The molecule has 4 nitrogen and oxygen atoms in total. The molecule has 0 spiro atoms. The second-order valence-corrected chi connectivity index (χ2v) is 8.48. The number of halogens is 4. The normalized spacial score (nSPS) is 14.0. The van der Waals surface area contributed by atoms with E-state index in [4.69, 9.17) is 21.1 Å². The molecule has 0 aliphatic carbocycles. The summed E-state index contributed by atoms with van der Waals surface area (Å²) >= 11 is 6.94. The van der Waals surface area contributed by atoms with Gasteiger partial charge in [-0.25, -0.2) is 0 Å². The third-order valence-electron chi connectivity index (χ3n) is 4.65. The summed E-state index contributed by atoms with van der Waals surface area (Å²) in [5.74, 6) is 0.745. The van der Waals surface area contributed by atoms with Crippen molar-refractivity contribution in [2.45, 2.75) is 16.3 Å². The second kappa shape index (κ2) is 9.34. The predicted octanol–water partition coefficient (Wildman–Crippen LogP) is 6.60. The van der Waals surface area contributed by atoms with Gasteiger partial charge < -0.3 is 14.8 Å². The summed E-state index contributed by atoms with van der Waals surface area (Å²) in [6.07, 6.45) is -4.63. The molecule has 4 rings (SSSR count). The first kappa shape index (κ1) is 22.4. The fraction of sp³-hybridized carbons (Fsp3) is 0.174. The predicted molar refractivity (Wildman–Crippen MR) is 118 cm³/mol. The standard InChI is InChI=1S/C23H17ClF3NO3S/c24-18-8-6-15(12-17(18)23(25,26)27)28-22(29)21(14-4-2-1-3-5-14)32-16-7-9-19-20(13-16)31-11-10-30-19/h1-9,12-13,21H,10-11H2,(H,28,29). The molecule has 1 aliphatic rings. The summed E-state index contributed by atoms with van der Waals surface area (Å²) in [5, 5.41) is 1.44. The third-order valence-corrected chi connectivity index (χ3v) is 6.22. The van der Waals surface area contributed by atoms with Crippen molar-refractivity contribution in [2.75, 3.05) is 18.5 Å². The lowest BCUT2D eigenvalue weighted by molar-refractivity contribution is -0.137. The molecule has 1 N–H and O–H groups in total. The summed E-state index contributed by atoms with van der Waals surface area (Å²) in [5.41, 5.74) is -0.293. The number of carbonyl (C=O) groups is 1. The van der Waals surface area contributed by atoms with E-state index in [1.165, 1.54) is 17.8 Å². The van der Waals surface area contributed by atoms with E-state index in [2.05, 4.69) is 5.32 Å². The highest BCUT2D eigenvalue weighted by Crippen LogP contribution is 2.41. The summed E-state index contributed by atoms with van der Waals surface area (Å²) in [6.45, 7) is 0.900. The lowest BCUT2D eigenvalue weighted by atomic mass is 10.1. The number of anilines is 1. The average molecular weight is 480 g/mol. The molecule has 1 aliphatic heterocycles. The fourth-order valence-electron chi connectivity index (χ4n) is 3.16. The second-order valence-electron chi connectivity index (χ2n) is 6.90. The van der Waals surface area contributed by atoms with Crippen molar-refractivity contribution >= 4 is 35.0 Å². The number of rotatable bonds is 5. The monoisotopic (exact) mass is 479 g/mol. The summed E-state index contributed by atoms with van der Waals surface area (Å²) in [7, 11) is 0. The molecule has 3 aromatic carbocycles. The molecule has 0 aromatic heterocycles. The van der Waals surface area contributed by atoms with Gasteiger partial charge in [-0.3, -0.25) is 4.79 Å². The Morgan fingerprint density at radius 3 is 2.41 bits per heavy atom. The Hall–Kier alpha value is -2.84. The topological polar surface area (TPSA) is 47.6 Å². The van der Waals surface area contributed by atoms with Gasteiger partial charge in [-0.05, 0) is 42.0 Å². The van der Waals surface area contributed by atoms with Gasteiger partial charge in [0, 0.05) is 10.6 Å². The van der Waals surface area contributed by atoms with Crippen LogP contribution >= 0.6 is 23.4 Å². The molecule has 1 unspecified atom stereocenters. The molecule has 3 aromatic rings. The van der Waals surface area contributed by atoms with Gasteiger partial charge in [0.15, 0.2) is 11.5 Å². The van der Waals surface area contributed by atoms with E-state index < -0.39 is 27.9 Å². The summed E-state index contributed by atoms with van der Waals surface area (Å²) < 4.78 is 50.7. The van der Waals surface area contributed by atoms with E-state index in [1.54, 1.807) is 36.4 Å². The third kappa shape index (κ3) is 5.14. The lowest BCUT2D eigenvalue weighted by Gasteiger charge is -2.21. The molecule has 0 fully saturated rings. The zero-order valence-corrected chi connectivity index (χ0v) is 18.1. The Morgan fingerprint density at radius 1 is 0.969 bits per heavy atom. The number of carbonyl (C=O) groups excluding carboxylic acids is 1. The Bertz CT molecular complexity index is 1130. The van der Waals surface area contributed by atoms with Crippen molar-refractivity contribution in [1.29, 1.82) is 0 Å². The Morgan fingerprint density at radius 2 is 1.69 bits per heavy atom. The van der Waals surface area contributed by atoms with Crippen molar-refractivity contribution < 1.29 is 27.4 Å². The minimum Gasteiger partial charge on any atom is -0.486 e. The zero-order chi connectivity index (χ0) is 22.7. The molecular weight excluding hydrogens is 463 g/mol. The van der Waals surface area contributed by atoms with Crippen LogP contribution in [0.3, 0.4) is 0 Å². The molecule has 0 radical (unpaired) electrons. The number of amides is 1. The summed E-state index contributed by atoms with van der Waals surface area (Å²) in [6, 6.07) is 17.6. The first-order valence-corrected chi connectivity index (χ1v) is 10.9. The minimum atomic E-state index is -4.63. The van der Waals surface area contributed by atoms with E-state index in [0.717, 1.165) is 17.0 Å². The van der Waals surface area contributed by atoms with Crippen LogP contribution in [0.2, 0.25) is 5.02 Å². The van der Waals surface area contributed by atoms with E-state index in [-0.39, 0.29) is 5.69 Å². The van der Waals surface area contributed by atoms with Crippen LogP contribution in [0.4, 0.5) is 18.9 Å². The number of hydrogen-bond acceptors (Lipinski definition) is 4. The highest BCUT2D eigenvalue weighted by atomic mass is 35.5. The van der Waals surface area contributed by atoms with Gasteiger partial charge in [-0.1, -0.05) is 41.9 Å². The largest absolute Gasteiger partial charge is 0.486 e. The van der Waals surface area contributed by atoms with Gasteiger partial charge in [0.1, 0.15) is 18.5 Å². The van der Waals surface area contributed by atoms with Crippen molar-refractivity contribution in [1.82, 2.24) is 0 Å². The van der Waals surface area contributed by atoms with Gasteiger partial charge in [0.25, 0.3) is 0 Å². The first-order valence-electron chi connectivity index (χ1n) is 9.60. The number of thioether (sulfide) groups is 1. The molecule has 1 atom stereocenters. The molecule has 0 saturated carbocycles. The molecule has 166 valence electrons. The van der Waals surface area contributed by atoms with Crippen LogP contribution in [-0.2, 0) is 11.0 Å². The highest BCUT2D eigenvalue weighted by Gasteiger charge is 2.33. The molecule has 9 heteroatoms. The quantitative estimate of drug-likeness (QED) is 0.419. The van der Waals surface area contributed by atoms with Crippen LogP contribution in [0.15, 0.2) is 71.6 Å². The van der Waals surface area contributed by atoms with Crippen LogP contribution in [0.1, 0.15) is 16.4 Å². The summed E-state index contributed by atoms with van der Waals surface area (Å²) in [4.78, 5) is 13.9. The number of nitrogens with one attached hydrogen (secondary N) is 1. The van der Waals surface area contributed by atoms with Crippen LogP contribution in [0.5, 0.6) is 11.5 Å².